The lowest BCUT2D eigenvalue weighted by atomic mass is 10.2. The van der Waals surface area contributed by atoms with Gasteiger partial charge in [-0.15, -0.1) is 11.3 Å². The molecule has 1 unspecified atom stereocenters. The van der Waals surface area contributed by atoms with E-state index in [1.54, 1.807) is 0 Å². The Morgan fingerprint density at radius 3 is 2.67 bits per heavy atom. The van der Waals surface area contributed by atoms with Crippen LogP contribution in [0.2, 0.25) is 4.34 Å². The summed E-state index contributed by atoms with van der Waals surface area (Å²) in [5.41, 5.74) is 0. The summed E-state index contributed by atoms with van der Waals surface area (Å²) < 4.78 is 41.7. The Bertz CT molecular complexity index is 418. The number of thiophene rings is 1. The number of nitrogens with one attached hydrogen (secondary N) is 1. The van der Waals surface area contributed by atoms with Gasteiger partial charge in [0.15, 0.2) is 0 Å². The van der Waals surface area contributed by atoms with E-state index < -0.39 is 24.7 Å². The average Bonchev–Trinajstić information content (AvgIpc) is 2.57. The summed E-state index contributed by atoms with van der Waals surface area (Å²) in [6.45, 7) is -1.29. The number of ether oxygens (including phenoxy) is 1. The average molecular weight is 367 g/mol. The van der Waals surface area contributed by atoms with Crippen molar-refractivity contribution in [3.05, 3.63) is 19.8 Å². The molecule has 18 heavy (non-hydrogen) atoms. The van der Waals surface area contributed by atoms with Gasteiger partial charge in [0.1, 0.15) is 10.4 Å². The lowest BCUT2D eigenvalue weighted by molar-refractivity contribution is -0.146. The van der Waals surface area contributed by atoms with Crippen LogP contribution in [-0.2, 0) is 9.53 Å². The highest BCUT2D eigenvalue weighted by atomic mass is 79.9. The zero-order valence-corrected chi connectivity index (χ0v) is 12.1. The number of hydrogen-bond donors (Lipinski definition) is 1. The molecule has 1 aromatic rings. The van der Waals surface area contributed by atoms with Gasteiger partial charge < -0.3 is 4.74 Å². The van der Waals surface area contributed by atoms with Gasteiger partial charge >= 0.3 is 12.1 Å². The maximum atomic E-state index is 12.1. The Morgan fingerprint density at radius 1 is 1.67 bits per heavy atom. The Morgan fingerprint density at radius 2 is 2.28 bits per heavy atom. The molecule has 0 saturated carbocycles. The fourth-order valence-electron chi connectivity index (χ4n) is 1.14. The molecule has 0 bridgehead atoms. The normalized spacial score (nSPS) is 13.4. The molecule has 1 N–H and O–H groups in total. The van der Waals surface area contributed by atoms with E-state index in [0.29, 0.717) is 13.7 Å². The summed E-state index contributed by atoms with van der Waals surface area (Å²) >= 11 is 9.91. The third-order valence-corrected chi connectivity index (χ3v) is 4.43. The van der Waals surface area contributed by atoms with Gasteiger partial charge in [0, 0.05) is 9.35 Å². The van der Waals surface area contributed by atoms with E-state index in [0.717, 1.165) is 18.4 Å². The summed E-state index contributed by atoms with van der Waals surface area (Å²) in [6.07, 6.45) is -4.41. The molecule has 0 radical (unpaired) electrons. The number of carbonyl (C=O) groups is 1. The first-order valence-electron chi connectivity index (χ1n) is 4.57. The lowest BCUT2D eigenvalue weighted by Crippen LogP contribution is -2.36. The molecule has 9 heteroatoms. The summed E-state index contributed by atoms with van der Waals surface area (Å²) in [6, 6.07) is 0.295. The van der Waals surface area contributed by atoms with Crippen molar-refractivity contribution in [1.82, 2.24) is 5.32 Å². The smallest absolute Gasteiger partial charge is 0.401 e. The van der Waals surface area contributed by atoms with Crippen LogP contribution >= 0.6 is 38.9 Å². The fraction of sp³-hybridized carbons (Fsp3) is 0.444. The largest absolute Gasteiger partial charge is 0.468 e. The Hall–Kier alpha value is -0.310. The highest BCUT2D eigenvalue weighted by Gasteiger charge is 2.32. The van der Waals surface area contributed by atoms with Crippen LogP contribution in [0.1, 0.15) is 10.9 Å². The molecule has 1 heterocycles. The van der Waals surface area contributed by atoms with Gasteiger partial charge in [-0.25, -0.2) is 4.79 Å². The second kappa shape index (κ2) is 6.23. The molecule has 0 aliphatic heterocycles. The Balaban J connectivity index is 2.88. The van der Waals surface area contributed by atoms with Crippen LogP contribution in [0, 0.1) is 0 Å². The van der Waals surface area contributed by atoms with Crippen LogP contribution in [0.15, 0.2) is 10.5 Å². The Labute approximate surface area is 118 Å². The van der Waals surface area contributed by atoms with Gasteiger partial charge in [-0.05, 0) is 22.0 Å². The summed E-state index contributed by atoms with van der Waals surface area (Å²) in [7, 11) is 1.11. The van der Waals surface area contributed by atoms with Crippen molar-refractivity contribution >= 4 is 44.8 Å². The lowest BCUT2D eigenvalue weighted by Gasteiger charge is -2.16. The van der Waals surface area contributed by atoms with E-state index in [9.17, 15) is 18.0 Å². The SMILES string of the molecule is COC(=O)C(NCC(F)(F)F)c1cc(Br)c(Cl)s1. The van der Waals surface area contributed by atoms with Crippen LogP contribution in [0.4, 0.5) is 13.2 Å². The first-order chi connectivity index (χ1) is 8.24. The molecule has 1 rings (SSSR count). The number of halogens is 5. The number of methoxy groups -OCH3 is 1. The monoisotopic (exact) mass is 365 g/mol. The summed E-state index contributed by atoms with van der Waals surface area (Å²) in [5.74, 6) is -0.801. The first kappa shape index (κ1) is 15.7. The molecule has 1 atom stereocenters. The molecule has 3 nitrogen and oxygen atoms in total. The molecule has 102 valence electrons. The molecule has 0 aliphatic rings. The van der Waals surface area contributed by atoms with E-state index >= 15 is 0 Å². The van der Waals surface area contributed by atoms with Crippen molar-refractivity contribution in [2.75, 3.05) is 13.7 Å². The third kappa shape index (κ3) is 4.42. The third-order valence-electron chi connectivity index (χ3n) is 1.89. The topological polar surface area (TPSA) is 38.3 Å². The molecule has 0 spiro atoms. The summed E-state index contributed by atoms with van der Waals surface area (Å²) in [4.78, 5) is 11.8. The number of hydrogen-bond acceptors (Lipinski definition) is 4. The van der Waals surface area contributed by atoms with Gasteiger partial charge in [-0.3, -0.25) is 5.32 Å². The molecule has 0 amide bonds. The van der Waals surface area contributed by atoms with Gasteiger partial charge in [0.05, 0.1) is 13.7 Å². The molecule has 1 aromatic heterocycles. The Kier molecular flexibility index (Phi) is 5.45. The highest BCUT2D eigenvalue weighted by Crippen LogP contribution is 2.35. The minimum absolute atomic E-state index is 0.350. The fourth-order valence-corrected chi connectivity index (χ4v) is 2.94. The summed E-state index contributed by atoms with van der Waals surface area (Å²) in [5, 5.41) is 2.10. The predicted octanol–water partition coefficient (Wildman–Crippen LogP) is 3.53. The maximum Gasteiger partial charge on any atom is 0.401 e. The van der Waals surface area contributed by atoms with Crippen LogP contribution in [0.5, 0.6) is 0 Å². The molecule has 0 saturated heterocycles. The van der Waals surface area contributed by atoms with Crippen molar-refractivity contribution in [1.29, 1.82) is 0 Å². The predicted molar refractivity (Wildman–Crippen MR) is 65.8 cm³/mol. The van der Waals surface area contributed by atoms with Crippen molar-refractivity contribution in [2.24, 2.45) is 0 Å². The zero-order valence-electron chi connectivity index (χ0n) is 8.98. The van der Waals surface area contributed by atoms with Crippen molar-refractivity contribution < 1.29 is 22.7 Å². The highest BCUT2D eigenvalue weighted by molar-refractivity contribution is 9.10. The minimum atomic E-state index is -4.41. The van der Waals surface area contributed by atoms with Crippen molar-refractivity contribution in [3.8, 4) is 0 Å². The van der Waals surface area contributed by atoms with Gasteiger partial charge in [-0.2, -0.15) is 13.2 Å². The van der Waals surface area contributed by atoms with Crippen LogP contribution in [0.3, 0.4) is 0 Å². The van der Waals surface area contributed by atoms with Crippen LogP contribution < -0.4 is 5.32 Å². The quantitative estimate of drug-likeness (QED) is 0.829. The van der Waals surface area contributed by atoms with Crippen LogP contribution in [0.25, 0.3) is 0 Å². The van der Waals surface area contributed by atoms with E-state index in [1.807, 2.05) is 0 Å². The van der Waals surface area contributed by atoms with Crippen molar-refractivity contribution in [2.45, 2.75) is 12.2 Å². The molecular formula is C9H8BrClF3NO2S. The number of alkyl halides is 3. The van der Waals surface area contributed by atoms with E-state index in [-0.39, 0.29) is 0 Å². The number of esters is 1. The van der Waals surface area contributed by atoms with E-state index in [4.69, 9.17) is 11.6 Å². The molecule has 0 aromatic carbocycles. The molecule has 0 fully saturated rings. The van der Waals surface area contributed by atoms with Gasteiger partial charge in [0.25, 0.3) is 0 Å². The van der Waals surface area contributed by atoms with Gasteiger partial charge in [0.2, 0.25) is 0 Å². The van der Waals surface area contributed by atoms with Crippen LogP contribution in [-0.4, -0.2) is 25.8 Å². The second-order valence-corrected chi connectivity index (χ2v) is 5.76. The molecular weight excluding hydrogens is 359 g/mol. The van der Waals surface area contributed by atoms with Crippen molar-refractivity contribution in [3.63, 3.8) is 0 Å². The van der Waals surface area contributed by atoms with E-state index in [2.05, 4.69) is 26.0 Å². The van der Waals surface area contributed by atoms with Gasteiger partial charge in [-0.1, -0.05) is 11.6 Å². The second-order valence-electron chi connectivity index (χ2n) is 3.22. The number of carbonyl (C=O) groups excluding carboxylic acids is 1. The maximum absolute atomic E-state index is 12.1. The minimum Gasteiger partial charge on any atom is -0.468 e. The number of rotatable bonds is 4. The zero-order chi connectivity index (χ0) is 13.9. The first-order valence-corrected chi connectivity index (χ1v) is 6.56. The standard InChI is InChI=1S/C9H8BrClF3NO2S/c1-17-8(16)6(15-3-9(12,13)14)5-2-4(10)7(11)18-5/h2,6,15H,3H2,1H3. The van der Waals surface area contributed by atoms with E-state index in [1.165, 1.54) is 6.07 Å². The molecule has 0 aliphatic carbocycles.